The molecule has 0 aromatic carbocycles. The fourth-order valence-corrected chi connectivity index (χ4v) is 2.06. The summed E-state index contributed by atoms with van der Waals surface area (Å²) in [6.07, 6.45) is 0.0990. The Morgan fingerprint density at radius 1 is 1.45 bits per heavy atom. The number of imidazole rings is 1. The molecule has 0 radical (unpaired) electrons. The summed E-state index contributed by atoms with van der Waals surface area (Å²) in [4.78, 5) is 31.5. The van der Waals surface area contributed by atoms with Gasteiger partial charge in [0.15, 0.2) is 0 Å². The zero-order valence-corrected chi connectivity index (χ0v) is 11.9. The molecular weight excluding hydrogens is 262 g/mol. The number of carboxylic acids is 1. The Morgan fingerprint density at radius 3 is 2.75 bits per heavy atom. The number of hydrogen-bond acceptors (Lipinski definition) is 4. The van der Waals surface area contributed by atoms with Crippen molar-refractivity contribution >= 4 is 12.1 Å². The van der Waals surface area contributed by atoms with Crippen molar-refractivity contribution in [2.75, 3.05) is 6.54 Å². The van der Waals surface area contributed by atoms with E-state index < -0.39 is 11.6 Å². The minimum Gasteiger partial charge on any atom is -0.481 e. The van der Waals surface area contributed by atoms with E-state index in [4.69, 9.17) is 9.84 Å². The van der Waals surface area contributed by atoms with Crippen molar-refractivity contribution in [2.24, 2.45) is 0 Å². The molecule has 0 saturated carbocycles. The molecule has 1 amide bonds. The van der Waals surface area contributed by atoms with Gasteiger partial charge in [0.25, 0.3) is 0 Å². The summed E-state index contributed by atoms with van der Waals surface area (Å²) in [7, 11) is 0. The van der Waals surface area contributed by atoms with E-state index in [-0.39, 0.29) is 12.5 Å². The molecule has 2 rings (SSSR count). The molecular formula is C13H19N3O4. The van der Waals surface area contributed by atoms with Crippen LogP contribution in [0.1, 0.15) is 38.0 Å². The van der Waals surface area contributed by atoms with Crippen LogP contribution in [0, 0.1) is 0 Å². The van der Waals surface area contributed by atoms with Crippen LogP contribution in [0.3, 0.4) is 0 Å². The normalized spacial score (nSPS) is 14.8. The van der Waals surface area contributed by atoms with Gasteiger partial charge in [-0.05, 0) is 20.8 Å². The van der Waals surface area contributed by atoms with Crippen molar-refractivity contribution in [1.29, 1.82) is 0 Å². The number of nitrogens with one attached hydrogen (secondary N) is 1. The molecule has 1 aromatic rings. The highest BCUT2D eigenvalue weighted by Crippen LogP contribution is 2.19. The summed E-state index contributed by atoms with van der Waals surface area (Å²) in [6, 6.07) is 0. The predicted octanol–water partition coefficient (Wildman–Crippen LogP) is 1.33. The molecule has 0 spiro atoms. The molecule has 2 heterocycles. The summed E-state index contributed by atoms with van der Waals surface area (Å²) in [5, 5.41) is 8.75. The standard InChI is InChI=1S/C13H19N3O4/c1-13(2,3)20-12(19)16-5-4-8-9(7-16)15-10(14-8)6-11(17)18/h4-7H2,1-3H3,(H,14,15)(H,17,18). The van der Waals surface area contributed by atoms with Gasteiger partial charge >= 0.3 is 12.1 Å². The molecule has 0 aliphatic carbocycles. The van der Waals surface area contributed by atoms with Gasteiger partial charge in [-0.3, -0.25) is 4.79 Å². The van der Waals surface area contributed by atoms with Crippen LogP contribution in [0.4, 0.5) is 4.79 Å². The topological polar surface area (TPSA) is 95.5 Å². The maximum Gasteiger partial charge on any atom is 0.410 e. The van der Waals surface area contributed by atoms with E-state index in [1.165, 1.54) is 0 Å². The number of aromatic amines is 1. The van der Waals surface area contributed by atoms with Crippen molar-refractivity contribution in [3.63, 3.8) is 0 Å². The van der Waals surface area contributed by atoms with E-state index in [0.717, 1.165) is 11.4 Å². The molecule has 0 unspecified atom stereocenters. The molecule has 0 atom stereocenters. The van der Waals surface area contributed by atoms with Crippen LogP contribution in [0.25, 0.3) is 0 Å². The average molecular weight is 281 g/mol. The van der Waals surface area contributed by atoms with E-state index in [9.17, 15) is 9.59 Å². The van der Waals surface area contributed by atoms with Gasteiger partial charge in [0.2, 0.25) is 0 Å². The Kier molecular flexibility index (Phi) is 3.69. The molecule has 0 bridgehead atoms. The second kappa shape index (κ2) is 5.15. The molecule has 1 aliphatic rings. The zero-order chi connectivity index (χ0) is 14.9. The molecule has 110 valence electrons. The second-order valence-electron chi connectivity index (χ2n) is 5.83. The number of carboxylic acid groups (broad SMARTS) is 1. The lowest BCUT2D eigenvalue weighted by Crippen LogP contribution is -2.39. The Morgan fingerprint density at radius 2 is 2.15 bits per heavy atom. The van der Waals surface area contributed by atoms with E-state index in [0.29, 0.717) is 25.3 Å². The third-order valence-electron chi connectivity index (χ3n) is 2.85. The largest absolute Gasteiger partial charge is 0.481 e. The number of amides is 1. The first-order valence-corrected chi connectivity index (χ1v) is 6.51. The van der Waals surface area contributed by atoms with Crippen molar-refractivity contribution in [2.45, 2.75) is 45.8 Å². The Bertz CT molecular complexity index is 530. The third kappa shape index (κ3) is 3.49. The van der Waals surface area contributed by atoms with Gasteiger partial charge in [-0.15, -0.1) is 0 Å². The predicted molar refractivity (Wildman–Crippen MR) is 70.3 cm³/mol. The number of carbonyl (C=O) groups is 2. The molecule has 0 saturated heterocycles. The Hall–Kier alpha value is -2.05. The minimum absolute atomic E-state index is 0.139. The molecule has 0 fully saturated rings. The van der Waals surface area contributed by atoms with E-state index in [1.54, 1.807) is 4.90 Å². The Balaban J connectivity index is 2.05. The number of carbonyl (C=O) groups excluding carboxylic acids is 1. The summed E-state index contributed by atoms with van der Waals surface area (Å²) >= 11 is 0. The third-order valence-corrected chi connectivity index (χ3v) is 2.85. The van der Waals surface area contributed by atoms with Crippen molar-refractivity contribution in [3.05, 3.63) is 17.2 Å². The zero-order valence-electron chi connectivity index (χ0n) is 11.9. The summed E-state index contributed by atoms with van der Waals surface area (Å²) in [5.41, 5.74) is 1.10. The van der Waals surface area contributed by atoms with Gasteiger partial charge < -0.3 is 19.7 Å². The van der Waals surface area contributed by atoms with Crippen LogP contribution in [0.5, 0.6) is 0 Å². The summed E-state index contributed by atoms with van der Waals surface area (Å²) in [5.74, 6) is -0.506. The van der Waals surface area contributed by atoms with E-state index in [2.05, 4.69) is 9.97 Å². The van der Waals surface area contributed by atoms with Gasteiger partial charge in [0.05, 0.1) is 17.9 Å². The lowest BCUT2D eigenvalue weighted by atomic mass is 10.1. The molecule has 1 aromatic heterocycles. The number of H-pyrrole nitrogens is 1. The van der Waals surface area contributed by atoms with E-state index in [1.807, 2.05) is 20.8 Å². The molecule has 20 heavy (non-hydrogen) atoms. The quantitative estimate of drug-likeness (QED) is 0.852. The number of aliphatic carboxylic acids is 1. The fourth-order valence-electron chi connectivity index (χ4n) is 2.06. The van der Waals surface area contributed by atoms with Gasteiger partial charge in [0, 0.05) is 13.0 Å². The first-order chi connectivity index (χ1) is 9.24. The first kappa shape index (κ1) is 14.4. The van der Waals surface area contributed by atoms with Crippen LogP contribution >= 0.6 is 0 Å². The fraction of sp³-hybridized carbons (Fsp3) is 0.615. The molecule has 2 N–H and O–H groups in total. The van der Waals surface area contributed by atoms with Crippen LogP contribution in [0.15, 0.2) is 0 Å². The van der Waals surface area contributed by atoms with Crippen LogP contribution in [-0.2, 0) is 28.9 Å². The smallest absolute Gasteiger partial charge is 0.410 e. The van der Waals surface area contributed by atoms with Crippen molar-refractivity contribution < 1.29 is 19.4 Å². The lowest BCUT2D eigenvalue weighted by Gasteiger charge is -2.29. The monoisotopic (exact) mass is 281 g/mol. The highest BCUT2D eigenvalue weighted by Gasteiger charge is 2.27. The number of nitrogens with zero attached hydrogens (tertiary/aromatic N) is 2. The van der Waals surface area contributed by atoms with Gasteiger partial charge in [0.1, 0.15) is 17.8 Å². The Labute approximate surface area is 116 Å². The second-order valence-corrected chi connectivity index (χ2v) is 5.83. The van der Waals surface area contributed by atoms with E-state index >= 15 is 0 Å². The minimum atomic E-state index is -0.930. The number of rotatable bonds is 2. The van der Waals surface area contributed by atoms with Crippen molar-refractivity contribution in [3.8, 4) is 0 Å². The SMILES string of the molecule is CC(C)(C)OC(=O)N1CCc2nc(CC(=O)O)[nH]c2C1. The lowest BCUT2D eigenvalue weighted by molar-refractivity contribution is -0.136. The van der Waals surface area contributed by atoms with Crippen molar-refractivity contribution in [1.82, 2.24) is 14.9 Å². The first-order valence-electron chi connectivity index (χ1n) is 6.51. The molecule has 7 heteroatoms. The summed E-state index contributed by atoms with van der Waals surface area (Å²) < 4.78 is 5.32. The highest BCUT2D eigenvalue weighted by atomic mass is 16.6. The van der Waals surface area contributed by atoms with Crippen LogP contribution < -0.4 is 0 Å². The molecule has 1 aliphatic heterocycles. The number of fused-ring (bicyclic) bond motifs is 1. The number of ether oxygens (including phenoxy) is 1. The van der Waals surface area contributed by atoms with Gasteiger partial charge in [-0.1, -0.05) is 0 Å². The van der Waals surface area contributed by atoms with Crippen LogP contribution in [-0.4, -0.2) is 44.2 Å². The maximum atomic E-state index is 12.0. The number of hydrogen-bond donors (Lipinski definition) is 2. The maximum absolute atomic E-state index is 12.0. The summed E-state index contributed by atoms with van der Waals surface area (Å²) in [6.45, 7) is 6.36. The highest BCUT2D eigenvalue weighted by molar-refractivity contribution is 5.69. The average Bonchev–Trinajstić information content (AvgIpc) is 2.66. The van der Waals surface area contributed by atoms with Crippen LogP contribution in [0.2, 0.25) is 0 Å². The van der Waals surface area contributed by atoms with Gasteiger partial charge in [-0.2, -0.15) is 0 Å². The molecule has 7 nitrogen and oxygen atoms in total. The van der Waals surface area contributed by atoms with Gasteiger partial charge in [-0.25, -0.2) is 9.78 Å². The number of aromatic nitrogens is 2.